The minimum absolute atomic E-state index is 0.820. The van der Waals surface area contributed by atoms with Gasteiger partial charge in [-0.1, -0.05) is 11.8 Å². The van der Waals surface area contributed by atoms with Crippen molar-refractivity contribution in [1.82, 2.24) is 24.1 Å². The molecule has 0 saturated carbocycles. The van der Waals surface area contributed by atoms with E-state index in [1.165, 1.54) is 5.69 Å². The van der Waals surface area contributed by atoms with Gasteiger partial charge in [0.2, 0.25) is 0 Å². The second kappa shape index (κ2) is 4.15. The number of aromatic nitrogens is 5. The Morgan fingerprint density at radius 3 is 3.06 bits per heavy atom. The molecule has 0 saturated heterocycles. The first kappa shape index (κ1) is 10.8. The van der Waals surface area contributed by atoms with Gasteiger partial charge in [-0.2, -0.15) is 0 Å². The third-order valence-electron chi connectivity index (χ3n) is 2.46. The second-order valence-electron chi connectivity index (χ2n) is 3.77. The van der Waals surface area contributed by atoms with Crippen molar-refractivity contribution in [2.24, 2.45) is 7.05 Å². The Morgan fingerprint density at radius 2 is 2.35 bits per heavy atom. The first-order chi connectivity index (χ1) is 8.24. The highest BCUT2D eigenvalue weighted by molar-refractivity contribution is 7.98. The zero-order valence-electron chi connectivity index (χ0n) is 9.49. The van der Waals surface area contributed by atoms with E-state index in [1.807, 2.05) is 11.6 Å². The largest absolute Gasteiger partial charge is 0.312 e. The molecule has 3 heterocycles. The zero-order chi connectivity index (χ0) is 11.8. The SMILES string of the molecule is Cc1csc2nc(CSc3nncn3C)cn12. The lowest BCUT2D eigenvalue weighted by molar-refractivity contribution is 0.788. The lowest BCUT2D eigenvalue weighted by Crippen LogP contribution is -1.89. The van der Waals surface area contributed by atoms with Gasteiger partial charge in [0.1, 0.15) is 6.33 Å². The van der Waals surface area contributed by atoms with Crippen molar-refractivity contribution in [3.05, 3.63) is 29.3 Å². The van der Waals surface area contributed by atoms with Crippen LogP contribution >= 0.6 is 23.1 Å². The molecule has 5 nitrogen and oxygen atoms in total. The highest BCUT2D eigenvalue weighted by Crippen LogP contribution is 2.22. The number of fused-ring (bicyclic) bond motifs is 1. The van der Waals surface area contributed by atoms with Gasteiger partial charge >= 0.3 is 0 Å². The Labute approximate surface area is 107 Å². The second-order valence-corrected chi connectivity index (χ2v) is 5.55. The van der Waals surface area contributed by atoms with Crippen LogP contribution in [0.4, 0.5) is 0 Å². The topological polar surface area (TPSA) is 48.0 Å². The van der Waals surface area contributed by atoms with Crippen LogP contribution in [0.2, 0.25) is 0 Å². The minimum atomic E-state index is 0.820. The molecule has 88 valence electrons. The van der Waals surface area contributed by atoms with E-state index in [0.717, 1.165) is 21.6 Å². The molecule has 0 bridgehead atoms. The summed E-state index contributed by atoms with van der Waals surface area (Å²) >= 11 is 3.32. The monoisotopic (exact) mass is 265 g/mol. The summed E-state index contributed by atoms with van der Waals surface area (Å²) < 4.78 is 4.03. The molecule has 0 aliphatic carbocycles. The molecule has 17 heavy (non-hydrogen) atoms. The van der Waals surface area contributed by atoms with E-state index in [4.69, 9.17) is 0 Å². The van der Waals surface area contributed by atoms with E-state index in [2.05, 4.69) is 38.1 Å². The number of thioether (sulfide) groups is 1. The van der Waals surface area contributed by atoms with Crippen molar-refractivity contribution in [3.63, 3.8) is 0 Å². The van der Waals surface area contributed by atoms with Gasteiger partial charge in [-0.25, -0.2) is 4.98 Å². The summed E-state index contributed by atoms with van der Waals surface area (Å²) in [5, 5.41) is 10.9. The summed E-state index contributed by atoms with van der Waals surface area (Å²) in [6.45, 7) is 2.09. The van der Waals surface area contributed by atoms with E-state index < -0.39 is 0 Å². The molecule has 0 aliphatic heterocycles. The smallest absolute Gasteiger partial charge is 0.194 e. The molecule has 0 fully saturated rings. The van der Waals surface area contributed by atoms with Crippen molar-refractivity contribution in [3.8, 4) is 0 Å². The molecule has 0 unspecified atom stereocenters. The van der Waals surface area contributed by atoms with Crippen molar-refractivity contribution >= 4 is 28.1 Å². The highest BCUT2D eigenvalue weighted by Gasteiger charge is 2.07. The zero-order valence-corrected chi connectivity index (χ0v) is 11.1. The molecule has 0 N–H and O–H groups in total. The first-order valence-corrected chi connectivity index (χ1v) is 6.99. The van der Waals surface area contributed by atoms with Gasteiger partial charge in [-0.3, -0.25) is 4.40 Å². The van der Waals surface area contributed by atoms with E-state index in [-0.39, 0.29) is 0 Å². The maximum atomic E-state index is 4.57. The van der Waals surface area contributed by atoms with Gasteiger partial charge in [-0.15, -0.1) is 21.5 Å². The molecule has 3 rings (SSSR count). The van der Waals surface area contributed by atoms with Crippen LogP contribution in [0, 0.1) is 6.92 Å². The number of rotatable bonds is 3. The van der Waals surface area contributed by atoms with Crippen molar-refractivity contribution in [1.29, 1.82) is 0 Å². The molecule has 0 aliphatic rings. The lowest BCUT2D eigenvalue weighted by atomic mass is 10.5. The fourth-order valence-electron chi connectivity index (χ4n) is 1.55. The highest BCUT2D eigenvalue weighted by atomic mass is 32.2. The normalized spacial score (nSPS) is 11.4. The summed E-state index contributed by atoms with van der Waals surface area (Å²) in [7, 11) is 1.94. The maximum absolute atomic E-state index is 4.57. The standard InChI is InChI=1S/C10H11N5S2/c1-7-4-16-9-12-8(3-15(7)9)5-17-10-13-11-6-14(10)2/h3-4,6H,5H2,1-2H3. The molecular weight excluding hydrogens is 254 g/mol. The summed E-state index contributed by atoms with van der Waals surface area (Å²) in [4.78, 5) is 5.62. The Kier molecular flexibility index (Phi) is 2.64. The third-order valence-corrected chi connectivity index (χ3v) is 4.48. The predicted octanol–water partition coefficient (Wildman–Crippen LogP) is 2.13. The van der Waals surface area contributed by atoms with Gasteiger partial charge in [0.05, 0.1) is 5.69 Å². The molecule has 3 aromatic rings. The summed E-state index contributed by atoms with van der Waals surface area (Å²) in [5.41, 5.74) is 2.31. The van der Waals surface area contributed by atoms with Crippen LogP contribution in [0.25, 0.3) is 4.96 Å². The number of imidazole rings is 1. The number of thiazole rings is 1. The molecule has 7 heteroatoms. The van der Waals surface area contributed by atoms with Crippen molar-refractivity contribution < 1.29 is 0 Å². The summed E-state index contributed by atoms with van der Waals surface area (Å²) in [6, 6.07) is 0. The van der Waals surface area contributed by atoms with Crippen LogP contribution in [0.1, 0.15) is 11.4 Å². The molecule has 0 atom stereocenters. The number of nitrogens with zero attached hydrogens (tertiary/aromatic N) is 5. The van der Waals surface area contributed by atoms with Gasteiger partial charge in [0.25, 0.3) is 0 Å². The van der Waals surface area contributed by atoms with Crippen LogP contribution < -0.4 is 0 Å². The van der Waals surface area contributed by atoms with Crippen LogP contribution in [0.3, 0.4) is 0 Å². The fraction of sp³-hybridized carbons (Fsp3) is 0.300. The number of hydrogen-bond donors (Lipinski definition) is 0. The van der Waals surface area contributed by atoms with E-state index in [1.54, 1.807) is 29.4 Å². The summed E-state index contributed by atoms with van der Waals surface area (Å²) in [6.07, 6.45) is 3.79. The fourth-order valence-corrected chi connectivity index (χ4v) is 3.19. The first-order valence-electron chi connectivity index (χ1n) is 5.13. The molecule has 3 aromatic heterocycles. The lowest BCUT2D eigenvalue weighted by Gasteiger charge is -1.96. The van der Waals surface area contributed by atoms with Crippen molar-refractivity contribution in [2.45, 2.75) is 17.8 Å². The minimum Gasteiger partial charge on any atom is -0.312 e. The Balaban J connectivity index is 1.79. The van der Waals surface area contributed by atoms with Crippen LogP contribution in [0.5, 0.6) is 0 Å². The van der Waals surface area contributed by atoms with Crippen LogP contribution in [-0.4, -0.2) is 24.1 Å². The van der Waals surface area contributed by atoms with E-state index >= 15 is 0 Å². The average Bonchev–Trinajstić information content (AvgIpc) is 2.96. The third kappa shape index (κ3) is 1.96. The molecule has 0 amide bonds. The predicted molar refractivity (Wildman–Crippen MR) is 68.4 cm³/mol. The van der Waals surface area contributed by atoms with Crippen LogP contribution in [-0.2, 0) is 12.8 Å². The summed E-state index contributed by atoms with van der Waals surface area (Å²) in [5.74, 6) is 0.820. The van der Waals surface area contributed by atoms with Gasteiger partial charge in [-0.05, 0) is 6.92 Å². The van der Waals surface area contributed by atoms with Gasteiger partial charge < -0.3 is 4.57 Å². The van der Waals surface area contributed by atoms with Crippen molar-refractivity contribution in [2.75, 3.05) is 0 Å². The van der Waals surface area contributed by atoms with Gasteiger partial charge in [0.15, 0.2) is 10.1 Å². The molecule has 0 aromatic carbocycles. The maximum Gasteiger partial charge on any atom is 0.194 e. The average molecular weight is 265 g/mol. The van der Waals surface area contributed by atoms with Gasteiger partial charge in [0, 0.05) is 30.1 Å². The Morgan fingerprint density at radius 1 is 1.47 bits per heavy atom. The number of hydrogen-bond acceptors (Lipinski definition) is 5. The quantitative estimate of drug-likeness (QED) is 0.681. The number of aryl methyl sites for hydroxylation is 2. The molecule has 0 radical (unpaired) electrons. The van der Waals surface area contributed by atoms with E-state index in [0.29, 0.717) is 0 Å². The van der Waals surface area contributed by atoms with E-state index in [9.17, 15) is 0 Å². The molecule has 0 spiro atoms. The van der Waals surface area contributed by atoms with Crippen LogP contribution in [0.15, 0.2) is 23.1 Å². The Bertz CT molecular complexity index is 651. The molecular formula is C10H11N5S2. The Hall–Kier alpha value is -1.34.